The lowest BCUT2D eigenvalue weighted by Gasteiger charge is -2.14. The van der Waals surface area contributed by atoms with Gasteiger partial charge < -0.3 is 10.1 Å². The van der Waals surface area contributed by atoms with Crippen LogP contribution in [0.5, 0.6) is 5.75 Å². The van der Waals surface area contributed by atoms with Gasteiger partial charge in [-0.2, -0.15) is 5.26 Å². The van der Waals surface area contributed by atoms with Crippen molar-refractivity contribution >= 4 is 11.3 Å². The molecule has 0 fully saturated rings. The van der Waals surface area contributed by atoms with Gasteiger partial charge in [0.15, 0.2) is 0 Å². The van der Waals surface area contributed by atoms with Gasteiger partial charge in [0.2, 0.25) is 0 Å². The molecular weight excluding hydrogens is 256 g/mol. The maximum Gasteiger partial charge on any atom is 0.118 e. The summed E-state index contributed by atoms with van der Waals surface area (Å²) in [5, 5.41) is 14.1. The number of nitrogens with zero attached hydrogens (tertiary/aromatic N) is 1. The molecular formula is C15H16N2OS. The van der Waals surface area contributed by atoms with Crippen LogP contribution >= 0.6 is 11.3 Å². The molecule has 98 valence electrons. The number of hydrogen-bond acceptors (Lipinski definition) is 4. The van der Waals surface area contributed by atoms with E-state index in [1.807, 2.05) is 23.6 Å². The van der Waals surface area contributed by atoms with Gasteiger partial charge in [0, 0.05) is 22.8 Å². The van der Waals surface area contributed by atoms with Crippen molar-refractivity contribution in [1.29, 1.82) is 5.26 Å². The fraction of sp³-hybridized carbons (Fsp3) is 0.267. The Morgan fingerprint density at radius 2 is 2.11 bits per heavy atom. The van der Waals surface area contributed by atoms with Gasteiger partial charge in [-0.1, -0.05) is 12.1 Å². The van der Waals surface area contributed by atoms with Crippen molar-refractivity contribution in [3.8, 4) is 11.8 Å². The van der Waals surface area contributed by atoms with E-state index in [0.717, 1.165) is 17.9 Å². The van der Waals surface area contributed by atoms with Crippen LogP contribution in [0.4, 0.5) is 0 Å². The first kappa shape index (κ1) is 13.6. The summed E-state index contributed by atoms with van der Waals surface area (Å²) in [6.07, 6.45) is 0. The van der Waals surface area contributed by atoms with E-state index in [9.17, 15) is 0 Å². The molecule has 3 nitrogen and oxygen atoms in total. The molecule has 1 N–H and O–H groups in total. The van der Waals surface area contributed by atoms with Gasteiger partial charge >= 0.3 is 0 Å². The molecule has 0 unspecified atom stereocenters. The molecule has 1 aromatic heterocycles. The van der Waals surface area contributed by atoms with Gasteiger partial charge in [0.25, 0.3) is 0 Å². The Morgan fingerprint density at radius 1 is 1.37 bits per heavy atom. The molecule has 0 aliphatic heterocycles. The standard InChI is InChI=1S/C15H16N2OS/c1-11(13-3-5-14(18-2)6-4-13)17-9-15-7-12(8-16)10-19-15/h3-7,10-11,17H,9H2,1-2H3/t11-/m1/s1. The lowest BCUT2D eigenvalue weighted by molar-refractivity contribution is 0.414. The van der Waals surface area contributed by atoms with Crippen LogP contribution < -0.4 is 10.1 Å². The van der Waals surface area contributed by atoms with Crippen LogP contribution in [0.1, 0.15) is 29.0 Å². The molecule has 1 aromatic carbocycles. The molecule has 0 aliphatic carbocycles. The summed E-state index contributed by atoms with van der Waals surface area (Å²) in [7, 11) is 1.67. The van der Waals surface area contributed by atoms with Crippen molar-refractivity contribution in [3.05, 3.63) is 51.7 Å². The molecule has 0 amide bonds. The predicted octanol–water partition coefficient (Wildman–Crippen LogP) is 3.48. The van der Waals surface area contributed by atoms with Crippen LogP contribution in [0.2, 0.25) is 0 Å². The Bertz CT molecular complexity index is 569. The van der Waals surface area contributed by atoms with Gasteiger partial charge in [-0.15, -0.1) is 11.3 Å². The number of thiophene rings is 1. The highest BCUT2D eigenvalue weighted by Crippen LogP contribution is 2.19. The summed E-state index contributed by atoms with van der Waals surface area (Å²) < 4.78 is 5.14. The third-order valence-electron chi connectivity index (χ3n) is 2.98. The second kappa shape index (κ2) is 6.37. The van der Waals surface area contributed by atoms with E-state index < -0.39 is 0 Å². The van der Waals surface area contributed by atoms with Gasteiger partial charge in [0.05, 0.1) is 12.7 Å². The zero-order valence-corrected chi connectivity index (χ0v) is 11.8. The highest BCUT2D eigenvalue weighted by atomic mass is 32.1. The van der Waals surface area contributed by atoms with Crippen LogP contribution in [-0.2, 0) is 6.54 Å². The zero-order chi connectivity index (χ0) is 13.7. The molecule has 1 atom stereocenters. The first-order valence-corrected chi connectivity index (χ1v) is 6.95. The van der Waals surface area contributed by atoms with Gasteiger partial charge in [-0.05, 0) is 30.7 Å². The third kappa shape index (κ3) is 3.57. The largest absolute Gasteiger partial charge is 0.497 e. The van der Waals surface area contributed by atoms with E-state index in [1.165, 1.54) is 10.4 Å². The van der Waals surface area contributed by atoms with Crippen LogP contribution in [0.15, 0.2) is 35.7 Å². The second-order valence-electron chi connectivity index (χ2n) is 4.29. The Kier molecular flexibility index (Phi) is 4.56. The number of hydrogen-bond donors (Lipinski definition) is 1. The summed E-state index contributed by atoms with van der Waals surface area (Å²) in [6, 6.07) is 12.4. The topological polar surface area (TPSA) is 45.0 Å². The average molecular weight is 272 g/mol. The lowest BCUT2D eigenvalue weighted by atomic mass is 10.1. The molecule has 4 heteroatoms. The maximum absolute atomic E-state index is 8.78. The number of methoxy groups -OCH3 is 1. The highest BCUT2D eigenvalue weighted by Gasteiger charge is 2.06. The van der Waals surface area contributed by atoms with Crippen molar-refractivity contribution in [3.63, 3.8) is 0 Å². The predicted molar refractivity (Wildman–Crippen MR) is 77.3 cm³/mol. The van der Waals surface area contributed by atoms with E-state index in [4.69, 9.17) is 10.00 Å². The van der Waals surface area contributed by atoms with Gasteiger partial charge in [-0.3, -0.25) is 0 Å². The summed E-state index contributed by atoms with van der Waals surface area (Å²) >= 11 is 1.61. The number of nitriles is 1. The average Bonchev–Trinajstić information content (AvgIpc) is 2.93. The first-order valence-electron chi connectivity index (χ1n) is 6.08. The smallest absolute Gasteiger partial charge is 0.118 e. The molecule has 0 saturated carbocycles. The van der Waals surface area contributed by atoms with Crippen molar-refractivity contribution in [2.45, 2.75) is 19.5 Å². The molecule has 19 heavy (non-hydrogen) atoms. The minimum absolute atomic E-state index is 0.263. The van der Waals surface area contributed by atoms with E-state index in [-0.39, 0.29) is 6.04 Å². The lowest BCUT2D eigenvalue weighted by Crippen LogP contribution is -2.17. The molecule has 1 heterocycles. The minimum Gasteiger partial charge on any atom is -0.497 e. The van der Waals surface area contributed by atoms with E-state index >= 15 is 0 Å². The molecule has 0 radical (unpaired) electrons. The summed E-state index contributed by atoms with van der Waals surface area (Å²) in [5.41, 5.74) is 1.96. The Labute approximate surface area is 117 Å². The Morgan fingerprint density at radius 3 is 2.68 bits per heavy atom. The fourth-order valence-corrected chi connectivity index (χ4v) is 2.56. The molecule has 0 spiro atoms. The second-order valence-corrected chi connectivity index (χ2v) is 5.29. The highest BCUT2D eigenvalue weighted by molar-refractivity contribution is 7.10. The van der Waals surface area contributed by atoms with Crippen LogP contribution in [0.3, 0.4) is 0 Å². The van der Waals surface area contributed by atoms with Crippen LogP contribution in [0, 0.1) is 11.3 Å². The van der Waals surface area contributed by atoms with Gasteiger partial charge in [0.1, 0.15) is 11.8 Å². The molecule has 0 aliphatic rings. The summed E-state index contributed by atoms with van der Waals surface area (Å²) in [4.78, 5) is 1.18. The van der Waals surface area contributed by atoms with Gasteiger partial charge in [-0.25, -0.2) is 0 Å². The number of ether oxygens (including phenoxy) is 1. The molecule has 2 aromatic rings. The number of nitrogens with one attached hydrogen (secondary N) is 1. The zero-order valence-electron chi connectivity index (χ0n) is 11.0. The third-order valence-corrected chi connectivity index (χ3v) is 3.92. The fourth-order valence-electron chi connectivity index (χ4n) is 1.80. The molecule has 0 saturated heterocycles. The van der Waals surface area contributed by atoms with Crippen molar-refractivity contribution in [2.75, 3.05) is 7.11 Å². The Hall–Kier alpha value is -1.83. The number of benzene rings is 1. The van der Waals surface area contributed by atoms with Crippen LogP contribution in [0.25, 0.3) is 0 Å². The van der Waals surface area contributed by atoms with Crippen LogP contribution in [-0.4, -0.2) is 7.11 Å². The SMILES string of the molecule is COc1ccc([C@@H](C)NCc2cc(C#N)cs2)cc1. The summed E-state index contributed by atoms with van der Waals surface area (Å²) in [6.45, 7) is 2.90. The Balaban J connectivity index is 1.93. The van der Waals surface area contributed by atoms with Crippen molar-refractivity contribution in [1.82, 2.24) is 5.32 Å². The molecule has 2 rings (SSSR count). The monoisotopic (exact) mass is 272 g/mol. The summed E-state index contributed by atoms with van der Waals surface area (Å²) in [5.74, 6) is 0.868. The van der Waals surface area contributed by atoms with E-state index in [2.05, 4.69) is 30.4 Å². The normalized spacial score (nSPS) is 11.8. The number of rotatable bonds is 5. The van der Waals surface area contributed by atoms with Crippen molar-refractivity contribution in [2.24, 2.45) is 0 Å². The first-order chi connectivity index (χ1) is 9.22. The van der Waals surface area contributed by atoms with E-state index in [0.29, 0.717) is 0 Å². The minimum atomic E-state index is 0.263. The van der Waals surface area contributed by atoms with Crippen molar-refractivity contribution < 1.29 is 4.74 Å². The maximum atomic E-state index is 8.78. The molecule has 0 bridgehead atoms. The quantitative estimate of drug-likeness (QED) is 0.906. The van der Waals surface area contributed by atoms with E-state index in [1.54, 1.807) is 18.4 Å².